The van der Waals surface area contributed by atoms with Crippen molar-refractivity contribution in [3.8, 4) is 0 Å². The lowest BCUT2D eigenvalue weighted by atomic mass is 10.3. The van der Waals surface area contributed by atoms with Gasteiger partial charge in [0, 0.05) is 16.3 Å². The van der Waals surface area contributed by atoms with Crippen LogP contribution in [0.3, 0.4) is 0 Å². The fourth-order valence-corrected chi connectivity index (χ4v) is 3.36. The van der Waals surface area contributed by atoms with Crippen molar-refractivity contribution >= 4 is 23.1 Å². The lowest BCUT2D eigenvalue weighted by Gasteiger charge is -2.14. The minimum atomic E-state index is 0.485. The molecule has 13 heavy (non-hydrogen) atoms. The van der Waals surface area contributed by atoms with Crippen LogP contribution in [0.1, 0.15) is 28.9 Å². The molecule has 0 saturated carbocycles. The summed E-state index contributed by atoms with van der Waals surface area (Å²) in [5, 5.41) is 1.13. The molecule has 1 atom stereocenters. The normalized spacial score (nSPS) is 13.6. The average molecular weight is 215 g/mol. The molecule has 1 nitrogen and oxygen atoms in total. The second-order valence-corrected chi connectivity index (χ2v) is 6.46. The highest BCUT2D eigenvalue weighted by molar-refractivity contribution is 8.00. The summed E-state index contributed by atoms with van der Waals surface area (Å²) >= 11 is 3.81. The smallest absolute Gasteiger partial charge is 0.0516 e. The van der Waals surface area contributed by atoms with Gasteiger partial charge in [0.05, 0.1) is 5.25 Å². The van der Waals surface area contributed by atoms with Crippen LogP contribution in [-0.4, -0.2) is 11.8 Å². The minimum Gasteiger partial charge on any atom is -0.329 e. The summed E-state index contributed by atoms with van der Waals surface area (Å²) in [5.74, 6) is 0. The van der Waals surface area contributed by atoms with Crippen LogP contribution in [-0.2, 0) is 0 Å². The Morgan fingerprint density at radius 3 is 2.54 bits per heavy atom. The van der Waals surface area contributed by atoms with Gasteiger partial charge in [-0.05, 0) is 24.3 Å². The predicted octanol–water partition coefficient (Wildman–Crippen LogP) is 3.20. The maximum atomic E-state index is 5.75. The zero-order valence-corrected chi connectivity index (χ0v) is 10.0. The van der Waals surface area contributed by atoms with E-state index in [1.165, 1.54) is 9.75 Å². The van der Waals surface area contributed by atoms with Gasteiger partial charge >= 0.3 is 0 Å². The molecule has 0 aliphatic heterocycles. The van der Waals surface area contributed by atoms with Crippen molar-refractivity contribution < 1.29 is 0 Å². The van der Waals surface area contributed by atoms with E-state index in [-0.39, 0.29) is 0 Å². The molecule has 0 aromatic carbocycles. The Balaban J connectivity index is 2.66. The molecule has 1 rings (SSSR count). The zero-order chi connectivity index (χ0) is 9.84. The minimum absolute atomic E-state index is 0.485. The molecule has 0 spiro atoms. The van der Waals surface area contributed by atoms with E-state index in [2.05, 4.69) is 32.9 Å². The molecule has 1 aromatic rings. The van der Waals surface area contributed by atoms with Crippen LogP contribution in [0, 0.1) is 6.92 Å². The Kier molecular flexibility index (Phi) is 4.29. The summed E-state index contributed by atoms with van der Waals surface area (Å²) in [4.78, 5) is 2.79. The zero-order valence-electron chi connectivity index (χ0n) is 8.41. The lowest BCUT2D eigenvalue weighted by molar-refractivity contribution is 0.946. The fourth-order valence-electron chi connectivity index (χ4n) is 1.19. The molecule has 2 N–H and O–H groups in total. The summed E-state index contributed by atoms with van der Waals surface area (Å²) in [6.45, 7) is 7.31. The average Bonchev–Trinajstić information content (AvgIpc) is 2.47. The molecule has 0 aliphatic rings. The molecular formula is C10H17NS2. The molecule has 1 aromatic heterocycles. The number of rotatable bonds is 4. The van der Waals surface area contributed by atoms with E-state index in [4.69, 9.17) is 5.73 Å². The van der Waals surface area contributed by atoms with Crippen LogP contribution in [0.2, 0.25) is 0 Å². The van der Waals surface area contributed by atoms with Crippen LogP contribution in [0.4, 0.5) is 0 Å². The third kappa shape index (κ3) is 3.33. The highest BCUT2D eigenvalue weighted by Crippen LogP contribution is 2.34. The van der Waals surface area contributed by atoms with Crippen LogP contribution < -0.4 is 5.73 Å². The summed E-state index contributed by atoms with van der Waals surface area (Å²) in [6, 6.07) is 4.37. The summed E-state index contributed by atoms with van der Waals surface area (Å²) < 4.78 is 0. The number of hydrogen-bond acceptors (Lipinski definition) is 3. The fraction of sp³-hybridized carbons (Fsp3) is 0.600. The van der Waals surface area contributed by atoms with Crippen LogP contribution in [0.5, 0.6) is 0 Å². The van der Waals surface area contributed by atoms with Gasteiger partial charge < -0.3 is 5.73 Å². The molecular weight excluding hydrogens is 198 g/mol. The summed E-state index contributed by atoms with van der Waals surface area (Å²) in [5.41, 5.74) is 5.75. The van der Waals surface area contributed by atoms with E-state index >= 15 is 0 Å². The summed E-state index contributed by atoms with van der Waals surface area (Å²) in [6.07, 6.45) is 0. The third-order valence-corrected chi connectivity index (χ3v) is 4.31. The molecule has 74 valence electrons. The van der Waals surface area contributed by atoms with Crippen molar-refractivity contribution in [1.29, 1.82) is 0 Å². The van der Waals surface area contributed by atoms with E-state index in [0.717, 1.165) is 6.54 Å². The van der Waals surface area contributed by atoms with Crippen molar-refractivity contribution in [2.45, 2.75) is 31.3 Å². The van der Waals surface area contributed by atoms with Gasteiger partial charge in [-0.3, -0.25) is 0 Å². The maximum absolute atomic E-state index is 5.75. The largest absolute Gasteiger partial charge is 0.329 e. The first-order chi connectivity index (χ1) is 6.13. The van der Waals surface area contributed by atoms with Gasteiger partial charge in [-0.1, -0.05) is 13.8 Å². The second kappa shape index (κ2) is 5.03. The molecule has 0 amide bonds. The van der Waals surface area contributed by atoms with Crippen LogP contribution >= 0.6 is 23.1 Å². The Bertz CT molecular complexity index is 255. The SMILES string of the molecule is Cc1ccc(C(CN)SC(C)C)s1. The standard InChI is InChI=1S/C10H17NS2/c1-7(2)12-10(6-11)9-5-4-8(3)13-9/h4-5,7,10H,6,11H2,1-3H3. The number of hydrogen-bond donors (Lipinski definition) is 1. The Morgan fingerprint density at radius 2 is 2.15 bits per heavy atom. The molecule has 1 heterocycles. The van der Waals surface area contributed by atoms with Gasteiger partial charge in [0.2, 0.25) is 0 Å². The van der Waals surface area contributed by atoms with Gasteiger partial charge in [-0.15, -0.1) is 23.1 Å². The molecule has 1 unspecified atom stereocenters. The van der Waals surface area contributed by atoms with Crippen molar-refractivity contribution in [2.24, 2.45) is 5.73 Å². The van der Waals surface area contributed by atoms with Crippen molar-refractivity contribution in [1.82, 2.24) is 0 Å². The molecule has 3 heteroatoms. The lowest BCUT2D eigenvalue weighted by Crippen LogP contribution is -2.10. The summed E-state index contributed by atoms with van der Waals surface area (Å²) in [7, 11) is 0. The Hall–Kier alpha value is 0.01000. The monoisotopic (exact) mass is 215 g/mol. The maximum Gasteiger partial charge on any atom is 0.0516 e. The highest BCUT2D eigenvalue weighted by atomic mass is 32.2. The van der Waals surface area contributed by atoms with Crippen molar-refractivity contribution in [3.63, 3.8) is 0 Å². The molecule has 0 aliphatic carbocycles. The van der Waals surface area contributed by atoms with Gasteiger partial charge in [0.25, 0.3) is 0 Å². The van der Waals surface area contributed by atoms with Gasteiger partial charge in [0.1, 0.15) is 0 Å². The van der Waals surface area contributed by atoms with Crippen LogP contribution in [0.25, 0.3) is 0 Å². The third-order valence-electron chi connectivity index (χ3n) is 1.73. The molecule has 0 radical (unpaired) electrons. The van der Waals surface area contributed by atoms with E-state index in [1.807, 2.05) is 23.1 Å². The van der Waals surface area contributed by atoms with Gasteiger partial charge in [-0.25, -0.2) is 0 Å². The Labute approximate surface area is 88.7 Å². The van der Waals surface area contributed by atoms with Crippen molar-refractivity contribution in [2.75, 3.05) is 6.54 Å². The van der Waals surface area contributed by atoms with E-state index in [1.54, 1.807) is 0 Å². The Morgan fingerprint density at radius 1 is 1.46 bits per heavy atom. The first-order valence-electron chi connectivity index (χ1n) is 4.55. The van der Waals surface area contributed by atoms with Crippen molar-refractivity contribution in [3.05, 3.63) is 21.9 Å². The molecule has 0 bridgehead atoms. The van der Waals surface area contributed by atoms with Gasteiger partial charge in [0.15, 0.2) is 0 Å². The quantitative estimate of drug-likeness (QED) is 0.834. The van der Waals surface area contributed by atoms with Gasteiger partial charge in [-0.2, -0.15) is 0 Å². The number of thioether (sulfide) groups is 1. The number of thiophene rings is 1. The first kappa shape index (κ1) is 11.1. The van der Waals surface area contributed by atoms with E-state index in [9.17, 15) is 0 Å². The highest BCUT2D eigenvalue weighted by Gasteiger charge is 2.13. The number of aryl methyl sites for hydroxylation is 1. The second-order valence-electron chi connectivity index (χ2n) is 3.36. The molecule has 0 saturated heterocycles. The van der Waals surface area contributed by atoms with E-state index in [0.29, 0.717) is 10.5 Å². The topological polar surface area (TPSA) is 26.0 Å². The first-order valence-corrected chi connectivity index (χ1v) is 6.31. The van der Waals surface area contributed by atoms with Crippen LogP contribution in [0.15, 0.2) is 12.1 Å². The molecule has 0 fully saturated rings. The predicted molar refractivity (Wildman–Crippen MR) is 63.6 cm³/mol. The van der Waals surface area contributed by atoms with E-state index < -0.39 is 0 Å². The number of nitrogens with two attached hydrogens (primary N) is 1.